The summed E-state index contributed by atoms with van der Waals surface area (Å²) in [6.45, 7) is 0. The fourth-order valence-electron chi connectivity index (χ4n) is 2.20. The third kappa shape index (κ3) is 3.33. The molecule has 0 aliphatic rings. The highest BCUT2D eigenvalue weighted by molar-refractivity contribution is 7.17. The topological polar surface area (TPSA) is 57.5 Å². The molecule has 25 heavy (non-hydrogen) atoms. The van der Waals surface area contributed by atoms with Crippen LogP contribution in [-0.4, -0.2) is 16.0 Å². The van der Waals surface area contributed by atoms with Crippen LogP contribution in [0.4, 0.5) is 4.39 Å². The molecule has 0 saturated heterocycles. The van der Waals surface area contributed by atoms with E-state index in [1.807, 2.05) is 0 Å². The summed E-state index contributed by atoms with van der Waals surface area (Å²) in [6.07, 6.45) is 0. The lowest BCUT2D eigenvalue weighted by molar-refractivity contribution is 0.103. The van der Waals surface area contributed by atoms with Crippen molar-refractivity contribution < 1.29 is 19.4 Å². The van der Waals surface area contributed by atoms with Crippen LogP contribution in [-0.2, 0) is 0 Å². The van der Waals surface area contributed by atoms with Crippen molar-refractivity contribution >= 4 is 51.9 Å². The van der Waals surface area contributed by atoms with Gasteiger partial charge in [-0.05, 0) is 42.0 Å². The standard InChI is InChI=1S/C17H8Cl3FO3S/c18-8-1-2-11(22)15(21)14(8)17(24)13-4-3-12(25-13)7-5-9(19)16(23)10(20)6-7/h1-6,22-23H. The summed E-state index contributed by atoms with van der Waals surface area (Å²) in [4.78, 5) is 13.4. The smallest absolute Gasteiger partial charge is 0.207 e. The molecule has 0 amide bonds. The average Bonchev–Trinajstić information content (AvgIpc) is 3.06. The van der Waals surface area contributed by atoms with E-state index in [1.165, 1.54) is 24.3 Å². The maximum atomic E-state index is 14.1. The minimum atomic E-state index is -1.07. The Hall–Kier alpha value is -1.79. The number of carbonyl (C=O) groups is 1. The van der Waals surface area contributed by atoms with Crippen LogP contribution < -0.4 is 0 Å². The first-order valence-corrected chi connectivity index (χ1v) is 8.74. The number of halogens is 4. The molecule has 0 saturated carbocycles. The number of hydrogen-bond acceptors (Lipinski definition) is 4. The van der Waals surface area contributed by atoms with Gasteiger partial charge in [-0.3, -0.25) is 4.79 Å². The number of rotatable bonds is 3. The van der Waals surface area contributed by atoms with E-state index in [9.17, 15) is 19.4 Å². The van der Waals surface area contributed by atoms with E-state index in [2.05, 4.69) is 0 Å². The third-order valence-corrected chi connectivity index (χ3v) is 5.45. The molecule has 1 heterocycles. The largest absolute Gasteiger partial charge is 0.505 e. The molecule has 2 aromatic carbocycles. The SMILES string of the molecule is O=C(c1ccc(-c2cc(Cl)c(O)c(Cl)c2)s1)c1c(Cl)ccc(O)c1F. The maximum absolute atomic E-state index is 14.1. The summed E-state index contributed by atoms with van der Waals surface area (Å²) >= 11 is 18.8. The number of hydrogen-bond donors (Lipinski definition) is 2. The molecule has 3 nitrogen and oxygen atoms in total. The van der Waals surface area contributed by atoms with Crippen molar-refractivity contribution in [1.29, 1.82) is 0 Å². The van der Waals surface area contributed by atoms with Gasteiger partial charge in [0.2, 0.25) is 5.78 Å². The zero-order valence-electron chi connectivity index (χ0n) is 12.2. The Labute approximate surface area is 160 Å². The van der Waals surface area contributed by atoms with Crippen LogP contribution in [0.2, 0.25) is 15.1 Å². The molecule has 8 heteroatoms. The minimum absolute atomic E-state index is 0.0749. The summed E-state index contributed by atoms with van der Waals surface area (Å²) in [5, 5.41) is 19.1. The molecular weight excluding hydrogens is 410 g/mol. The number of phenols is 2. The fraction of sp³-hybridized carbons (Fsp3) is 0. The van der Waals surface area contributed by atoms with E-state index in [0.717, 1.165) is 17.4 Å². The fourth-order valence-corrected chi connectivity index (χ4v) is 3.85. The van der Waals surface area contributed by atoms with Crippen LogP contribution in [0.1, 0.15) is 15.2 Å². The van der Waals surface area contributed by atoms with Crippen molar-refractivity contribution in [3.05, 3.63) is 67.7 Å². The van der Waals surface area contributed by atoms with Gasteiger partial charge in [0.15, 0.2) is 17.3 Å². The van der Waals surface area contributed by atoms with Gasteiger partial charge < -0.3 is 10.2 Å². The van der Waals surface area contributed by atoms with Gasteiger partial charge >= 0.3 is 0 Å². The van der Waals surface area contributed by atoms with Crippen molar-refractivity contribution in [2.24, 2.45) is 0 Å². The highest BCUT2D eigenvalue weighted by atomic mass is 35.5. The lowest BCUT2D eigenvalue weighted by Gasteiger charge is -2.05. The van der Waals surface area contributed by atoms with E-state index in [0.29, 0.717) is 10.4 Å². The number of benzene rings is 2. The van der Waals surface area contributed by atoms with Crippen LogP contribution in [0.15, 0.2) is 36.4 Å². The summed E-state index contributed by atoms with van der Waals surface area (Å²) in [5.41, 5.74) is 0.205. The Balaban J connectivity index is 2.03. The second-order valence-electron chi connectivity index (χ2n) is 5.04. The van der Waals surface area contributed by atoms with E-state index in [4.69, 9.17) is 34.8 Å². The van der Waals surface area contributed by atoms with Crippen molar-refractivity contribution in [3.63, 3.8) is 0 Å². The molecule has 0 bridgehead atoms. The number of ketones is 1. The van der Waals surface area contributed by atoms with Crippen molar-refractivity contribution in [1.82, 2.24) is 0 Å². The Kier molecular flexibility index (Phi) is 4.93. The second-order valence-corrected chi connectivity index (χ2v) is 7.34. The van der Waals surface area contributed by atoms with E-state index in [1.54, 1.807) is 6.07 Å². The van der Waals surface area contributed by atoms with E-state index < -0.39 is 22.9 Å². The van der Waals surface area contributed by atoms with E-state index in [-0.39, 0.29) is 25.7 Å². The van der Waals surface area contributed by atoms with Gasteiger partial charge in [-0.25, -0.2) is 4.39 Å². The number of thiophene rings is 1. The van der Waals surface area contributed by atoms with Crippen LogP contribution in [0.3, 0.4) is 0 Å². The van der Waals surface area contributed by atoms with Gasteiger partial charge in [-0.1, -0.05) is 34.8 Å². The van der Waals surface area contributed by atoms with Crippen LogP contribution in [0.5, 0.6) is 11.5 Å². The van der Waals surface area contributed by atoms with Crippen molar-refractivity contribution in [2.45, 2.75) is 0 Å². The molecule has 0 spiro atoms. The molecule has 0 unspecified atom stereocenters. The lowest BCUT2D eigenvalue weighted by atomic mass is 10.1. The number of phenolic OH excluding ortho intramolecular Hbond substituents is 2. The van der Waals surface area contributed by atoms with Crippen LogP contribution in [0.25, 0.3) is 10.4 Å². The summed E-state index contributed by atoms with van der Waals surface area (Å²) < 4.78 is 14.1. The molecule has 0 radical (unpaired) electrons. The van der Waals surface area contributed by atoms with Crippen molar-refractivity contribution in [2.75, 3.05) is 0 Å². The molecule has 0 aliphatic heterocycles. The van der Waals surface area contributed by atoms with Gasteiger partial charge in [-0.15, -0.1) is 11.3 Å². The Bertz CT molecular complexity index is 978. The first-order chi connectivity index (χ1) is 11.8. The van der Waals surface area contributed by atoms with Gasteiger partial charge in [-0.2, -0.15) is 0 Å². The zero-order chi connectivity index (χ0) is 18.3. The monoisotopic (exact) mass is 416 g/mol. The minimum Gasteiger partial charge on any atom is -0.505 e. The zero-order valence-corrected chi connectivity index (χ0v) is 15.3. The normalized spacial score (nSPS) is 10.9. The molecule has 2 N–H and O–H groups in total. The lowest BCUT2D eigenvalue weighted by Crippen LogP contribution is -2.03. The van der Waals surface area contributed by atoms with Gasteiger partial charge in [0, 0.05) is 4.88 Å². The quantitative estimate of drug-likeness (QED) is 0.502. The maximum Gasteiger partial charge on any atom is 0.207 e. The van der Waals surface area contributed by atoms with E-state index >= 15 is 0 Å². The third-order valence-electron chi connectivity index (χ3n) is 3.43. The summed E-state index contributed by atoms with van der Waals surface area (Å²) in [5.74, 6) is -2.59. The highest BCUT2D eigenvalue weighted by Crippen LogP contribution is 2.39. The Morgan fingerprint density at radius 1 is 0.960 bits per heavy atom. The van der Waals surface area contributed by atoms with Crippen LogP contribution in [0, 0.1) is 5.82 Å². The molecule has 0 atom stereocenters. The molecular formula is C17H8Cl3FO3S. The number of aromatic hydroxyl groups is 2. The summed E-state index contributed by atoms with van der Waals surface area (Å²) in [6, 6.07) is 8.49. The van der Waals surface area contributed by atoms with Gasteiger partial charge in [0.25, 0.3) is 0 Å². The Morgan fingerprint density at radius 3 is 2.24 bits per heavy atom. The van der Waals surface area contributed by atoms with Gasteiger partial charge in [0.1, 0.15) is 0 Å². The second kappa shape index (κ2) is 6.84. The molecule has 0 fully saturated rings. The highest BCUT2D eigenvalue weighted by Gasteiger charge is 2.22. The summed E-state index contributed by atoms with van der Waals surface area (Å²) in [7, 11) is 0. The Morgan fingerprint density at radius 2 is 1.60 bits per heavy atom. The average molecular weight is 418 g/mol. The predicted molar refractivity (Wildman–Crippen MR) is 97.9 cm³/mol. The first-order valence-electron chi connectivity index (χ1n) is 6.79. The predicted octanol–water partition coefficient (Wildman–Crippen LogP) is 6.16. The molecule has 128 valence electrons. The van der Waals surface area contributed by atoms with Crippen LogP contribution >= 0.6 is 46.1 Å². The van der Waals surface area contributed by atoms with Gasteiger partial charge in [0.05, 0.1) is 25.5 Å². The molecule has 3 rings (SSSR count). The molecule has 3 aromatic rings. The number of carbonyl (C=O) groups excluding carboxylic acids is 1. The molecule has 1 aromatic heterocycles. The van der Waals surface area contributed by atoms with Crippen molar-refractivity contribution in [3.8, 4) is 21.9 Å². The first kappa shape index (κ1) is 18.0. The molecule has 0 aliphatic carbocycles.